The van der Waals surface area contributed by atoms with E-state index in [1.807, 2.05) is 30.3 Å². The van der Waals surface area contributed by atoms with Crippen LogP contribution in [0.25, 0.3) is 0 Å². The second-order valence-corrected chi connectivity index (χ2v) is 7.64. The standard InChI is InChI=1S/C18H12Cl3N3OS/c19-12-8-13(20)10-14(9-12)22-18(25)17(11-4-2-1-3-5-11)26-16-7-6-15(21)23-24-16/h1-10,17H,(H,22,25)/t17-/m1/s1. The number of benzene rings is 2. The highest BCUT2D eigenvalue weighted by Crippen LogP contribution is 2.35. The zero-order valence-corrected chi connectivity index (χ0v) is 16.3. The lowest BCUT2D eigenvalue weighted by molar-refractivity contribution is -0.115. The number of rotatable bonds is 5. The highest BCUT2D eigenvalue weighted by molar-refractivity contribution is 8.00. The van der Waals surface area contributed by atoms with Crippen molar-refractivity contribution in [2.24, 2.45) is 0 Å². The first kappa shape index (κ1) is 19.0. The smallest absolute Gasteiger partial charge is 0.242 e. The van der Waals surface area contributed by atoms with Crippen molar-refractivity contribution >= 4 is 58.2 Å². The maximum absolute atomic E-state index is 12.9. The van der Waals surface area contributed by atoms with Crippen LogP contribution in [0.1, 0.15) is 10.8 Å². The molecule has 0 aliphatic heterocycles. The molecule has 0 saturated heterocycles. The lowest BCUT2D eigenvalue weighted by Crippen LogP contribution is -2.19. The molecule has 3 rings (SSSR count). The van der Waals surface area contributed by atoms with Crippen molar-refractivity contribution < 1.29 is 4.79 Å². The SMILES string of the molecule is O=C(Nc1cc(Cl)cc(Cl)c1)[C@H](Sc1ccc(Cl)nn1)c1ccccc1. The maximum Gasteiger partial charge on any atom is 0.242 e. The number of hydrogen-bond acceptors (Lipinski definition) is 4. The Bertz CT molecular complexity index is 887. The molecule has 0 aliphatic rings. The minimum Gasteiger partial charge on any atom is -0.325 e. The van der Waals surface area contributed by atoms with Gasteiger partial charge in [-0.05, 0) is 35.9 Å². The van der Waals surface area contributed by atoms with Crippen molar-refractivity contribution in [1.29, 1.82) is 0 Å². The summed E-state index contributed by atoms with van der Waals surface area (Å²) < 4.78 is 0. The van der Waals surface area contributed by atoms with Crippen LogP contribution in [0.15, 0.2) is 65.7 Å². The van der Waals surface area contributed by atoms with Gasteiger partial charge in [0.25, 0.3) is 0 Å². The van der Waals surface area contributed by atoms with E-state index in [1.165, 1.54) is 11.8 Å². The van der Waals surface area contributed by atoms with Crippen molar-refractivity contribution in [2.45, 2.75) is 10.3 Å². The summed E-state index contributed by atoms with van der Waals surface area (Å²) in [5.41, 5.74) is 1.36. The number of thioether (sulfide) groups is 1. The van der Waals surface area contributed by atoms with E-state index in [0.29, 0.717) is 25.9 Å². The lowest BCUT2D eigenvalue weighted by Gasteiger charge is -2.16. The van der Waals surface area contributed by atoms with Gasteiger partial charge in [-0.15, -0.1) is 10.2 Å². The van der Waals surface area contributed by atoms with Crippen LogP contribution in [0, 0.1) is 0 Å². The van der Waals surface area contributed by atoms with Crippen molar-refractivity contribution in [2.75, 3.05) is 5.32 Å². The molecule has 3 aromatic rings. The van der Waals surface area contributed by atoms with E-state index in [1.54, 1.807) is 30.3 Å². The van der Waals surface area contributed by atoms with Crippen molar-refractivity contribution in [1.82, 2.24) is 10.2 Å². The Hall–Kier alpha value is -1.79. The van der Waals surface area contributed by atoms with Gasteiger partial charge in [0.1, 0.15) is 10.3 Å². The van der Waals surface area contributed by atoms with Gasteiger partial charge in [-0.3, -0.25) is 4.79 Å². The molecule has 0 bridgehead atoms. The summed E-state index contributed by atoms with van der Waals surface area (Å²) in [6.45, 7) is 0. The van der Waals surface area contributed by atoms with Gasteiger partial charge in [0.15, 0.2) is 5.15 Å². The average molecular weight is 425 g/mol. The topological polar surface area (TPSA) is 54.9 Å². The second-order valence-electron chi connectivity index (χ2n) is 5.25. The summed E-state index contributed by atoms with van der Waals surface area (Å²) in [4.78, 5) is 12.9. The number of carbonyl (C=O) groups is 1. The average Bonchev–Trinajstić information content (AvgIpc) is 2.61. The Morgan fingerprint density at radius 3 is 2.23 bits per heavy atom. The number of aromatic nitrogens is 2. The Morgan fingerprint density at radius 1 is 0.923 bits per heavy atom. The summed E-state index contributed by atoms with van der Waals surface area (Å²) in [6.07, 6.45) is 0. The first-order chi connectivity index (χ1) is 12.5. The third kappa shape index (κ3) is 5.11. The number of amides is 1. The Kier molecular flexibility index (Phi) is 6.38. The van der Waals surface area contributed by atoms with Gasteiger partial charge >= 0.3 is 0 Å². The van der Waals surface area contributed by atoms with Gasteiger partial charge in [0.05, 0.1) is 0 Å². The molecular weight excluding hydrogens is 413 g/mol. The molecule has 132 valence electrons. The van der Waals surface area contributed by atoms with Gasteiger partial charge in [-0.1, -0.05) is 76.9 Å². The fourth-order valence-electron chi connectivity index (χ4n) is 2.22. The molecule has 2 aromatic carbocycles. The van der Waals surface area contributed by atoms with Crippen LogP contribution < -0.4 is 5.32 Å². The molecule has 8 heteroatoms. The molecule has 26 heavy (non-hydrogen) atoms. The normalized spacial score (nSPS) is 11.8. The van der Waals surface area contributed by atoms with Crippen LogP contribution in [0.4, 0.5) is 5.69 Å². The molecule has 1 atom stereocenters. The summed E-state index contributed by atoms with van der Waals surface area (Å²) in [6, 6.07) is 17.6. The van der Waals surface area contributed by atoms with Gasteiger partial charge in [0.2, 0.25) is 5.91 Å². The molecular formula is C18H12Cl3N3OS. The van der Waals surface area contributed by atoms with Crippen molar-refractivity contribution in [3.8, 4) is 0 Å². The predicted octanol–water partition coefficient (Wildman–Crippen LogP) is 5.91. The maximum atomic E-state index is 12.9. The van der Waals surface area contributed by atoms with E-state index >= 15 is 0 Å². The Balaban J connectivity index is 1.87. The first-order valence-corrected chi connectivity index (χ1v) is 9.50. The van der Waals surface area contributed by atoms with E-state index in [9.17, 15) is 4.79 Å². The molecule has 0 saturated carbocycles. The first-order valence-electron chi connectivity index (χ1n) is 7.49. The fourth-order valence-corrected chi connectivity index (χ4v) is 3.78. The van der Waals surface area contributed by atoms with Crippen LogP contribution in [0.3, 0.4) is 0 Å². The molecule has 1 N–H and O–H groups in total. The van der Waals surface area contributed by atoms with Gasteiger partial charge in [0, 0.05) is 15.7 Å². The van der Waals surface area contributed by atoms with E-state index in [2.05, 4.69) is 15.5 Å². The summed E-state index contributed by atoms with van der Waals surface area (Å²) in [7, 11) is 0. The van der Waals surface area contributed by atoms with Crippen LogP contribution in [-0.4, -0.2) is 16.1 Å². The van der Waals surface area contributed by atoms with Crippen LogP contribution >= 0.6 is 46.6 Å². The predicted molar refractivity (Wildman–Crippen MR) is 107 cm³/mol. The summed E-state index contributed by atoms with van der Waals surface area (Å²) >= 11 is 19.1. The monoisotopic (exact) mass is 423 g/mol. The molecule has 0 fully saturated rings. The van der Waals surface area contributed by atoms with Crippen LogP contribution in [0.2, 0.25) is 15.2 Å². The van der Waals surface area contributed by atoms with Crippen LogP contribution in [0.5, 0.6) is 0 Å². The second kappa shape index (κ2) is 8.73. The Morgan fingerprint density at radius 2 is 1.62 bits per heavy atom. The van der Waals surface area contributed by atoms with Gasteiger partial charge in [-0.2, -0.15) is 0 Å². The number of carbonyl (C=O) groups excluding carboxylic acids is 1. The van der Waals surface area contributed by atoms with Crippen molar-refractivity contribution in [3.63, 3.8) is 0 Å². The molecule has 1 heterocycles. The highest BCUT2D eigenvalue weighted by Gasteiger charge is 2.23. The molecule has 0 unspecified atom stereocenters. The van der Waals surface area contributed by atoms with Crippen LogP contribution in [-0.2, 0) is 4.79 Å². The molecule has 0 spiro atoms. The minimum atomic E-state index is -0.538. The third-order valence-corrected chi connectivity index (χ3v) is 5.14. The molecule has 4 nitrogen and oxygen atoms in total. The van der Waals surface area contributed by atoms with E-state index in [4.69, 9.17) is 34.8 Å². The zero-order chi connectivity index (χ0) is 18.5. The van der Waals surface area contributed by atoms with Gasteiger partial charge in [-0.25, -0.2) is 0 Å². The van der Waals surface area contributed by atoms with E-state index in [-0.39, 0.29) is 5.91 Å². The minimum absolute atomic E-state index is 0.226. The number of hydrogen-bond donors (Lipinski definition) is 1. The summed E-state index contributed by atoms with van der Waals surface area (Å²) in [5.74, 6) is -0.226. The van der Waals surface area contributed by atoms with E-state index < -0.39 is 5.25 Å². The largest absolute Gasteiger partial charge is 0.325 e. The molecule has 0 radical (unpaired) electrons. The summed E-state index contributed by atoms with van der Waals surface area (Å²) in [5, 5.41) is 11.9. The molecule has 0 aliphatic carbocycles. The number of anilines is 1. The lowest BCUT2D eigenvalue weighted by atomic mass is 10.1. The highest BCUT2D eigenvalue weighted by atomic mass is 35.5. The zero-order valence-electron chi connectivity index (χ0n) is 13.2. The number of nitrogens with one attached hydrogen (secondary N) is 1. The van der Waals surface area contributed by atoms with E-state index in [0.717, 1.165) is 5.56 Å². The third-order valence-electron chi connectivity index (χ3n) is 3.32. The number of halogens is 3. The number of nitrogens with zero attached hydrogens (tertiary/aromatic N) is 2. The fraction of sp³-hybridized carbons (Fsp3) is 0.0556. The van der Waals surface area contributed by atoms with Crippen molar-refractivity contribution in [3.05, 3.63) is 81.4 Å². The quantitative estimate of drug-likeness (QED) is 0.517. The van der Waals surface area contributed by atoms with Gasteiger partial charge < -0.3 is 5.32 Å². The molecule has 1 amide bonds. The Labute approximate surface area is 169 Å². The molecule has 1 aromatic heterocycles.